The van der Waals surface area contributed by atoms with Crippen molar-refractivity contribution < 1.29 is 0 Å². The standard InChI is InChI=1S/C41H28N6S/c1-3-13-27(14-4-1)25-37-42-38(26-28-15-5-2-6-16-28)44-41(43-37)33-23-24-36(40-39(33)45-48-46-40)47-34-21-11-9-19-31(34)29-17-7-8-18-30(29)32-20-10-12-22-35(32)47/h1-24H,25-26H2. The van der Waals surface area contributed by atoms with Crippen LogP contribution in [0.1, 0.15) is 22.8 Å². The van der Waals surface area contributed by atoms with Gasteiger partial charge in [0.25, 0.3) is 0 Å². The Labute approximate surface area is 282 Å². The van der Waals surface area contributed by atoms with Crippen LogP contribution in [0.15, 0.2) is 146 Å². The van der Waals surface area contributed by atoms with Crippen molar-refractivity contribution in [2.45, 2.75) is 12.8 Å². The van der Waals surface area contributed by atoms with Gasteiger partial charge in [0.1, 0.15) is 22.7 Å². The van der Waals surface area contributed by atoms with E-state index in [0.717, 1.165) is 56.4 Å². The fourth-order valence-corrected chi connectivity index (χ4v) is 7.22. The maximum atomic E-state index is 5.03. The van der Waals surface area contributed by atoms with Crippen molar-refractivity contribution in [2.24, 2.45) is 0 Å². The van der Waals surface area contributed by atoms with E-state index in [1.165, 1.54) is 34.0 Å². The van der Waals surface area contributed by atoms with E-state index in [-0.39, 0.29) is 0 Å². The molecule has 0 N–H and O–H groups in total. The van der Waals surface area contributed by atoms with Gasteiger partial charge in [-0.2, -0.15) is 8.75 Å². The minimum absolute atomic E-state index is 0.607. The second kappa shape index (κ2) is 12.0. The lowest BCUT2D eigenvalue weighted by Gasteiger charge is -2.27. The molecule has 7 heteroatoms. The summed E-state index contributed by atoms with van der Waals surface area (Å²) in [6.45, 7) is 0. The predicted molar refractivity (Wildman–Crippen MR) is 194 cm³/mol. The van der Waals surface area contributed by atoms with Crippen LogP contribution in [0.4, 0.5) is 17.1 Å². The van der Waals surface area contributed by atoms with Gasteiger partial charge in [0.2, 0.25) is 0 Å². The number of hydrogen-bond acceptors (Lipinski definition) is 7. The molecule has 1 aliphatic rings. The molecule has 6 aromatic carbocycles. The number of rotatable bonds is 6. The molecule has 48 heavy (non-hydrogen) atoms. The highest BCUT2D eigenvalue weighted by Crippen LogP contribution is 2.51. The predicted octanol–water partition coefficient (Wildman–Crippen LogP) is 9.84. The molecule has 3 heterocycles. The summed E-state index contributed by atoms with van der Waals surface area (Å²) in [6.07, 6.45) is 1.22. The van der Waals surface area contributed by atoms with Gasteiger partial charge in [-0.25, -0.2) is 15.0 Å². The number of benzene rings is 6. The van der Waals surface area contributed by atoms with Gasteiger partial charge in [0, 0.05) is 29.5 Å². The van der Waals surface area contributed by atoms with Crippen LogP contribution in [-0.2, 0) is 12.8 Å². The first-order valence-corrected chi connectivity index (χ1v) is 16.7. The van der Waals surface area contributed by atoms with Gasteiger partial charge < -0.3 is 4.90 Å². The molecule has 8 aromatic rings. The largest absolute Gasteiger partial charge is 0.307 e. The normalized spacial score (nSPS) is 11.9. The van der Waals surface area contributed by atoms with Crippen molar-refractivity contribution in [3.63, 3.8) is 0 Å². The first kappa shape index (κ1) is 28.2. The van der Waals surface area contributed by atoms with Crippen LogP contribution in [0.3, 0.4) is 0 Å². The van der Waals surface area contributed by atoms with Crippen LogP contribution in [0.25, 0.3) is 44.7 Å². The Hall–Kier alpha value is -6.05. The summed E-state index contributed by atoms with van der Waals surface area (Å²) in [5.41, 5.74) is 12.6. The van der Waals surface area contributed by atoms with Gasteiger partial charge in [-0.1, -0.05) is 121 Å². The summed E-state index contributed by atoms with van der Waals surface area (Å²) < 4.78 is 9.76. The molecule has 0 radical (unpaired) electrons. The van der Waals surface area contributed by atoms with Gasteiger partial charge >= 0.3 is 0 Å². The lowest BCUT2D eigenvalue weighted by molar-refractivity contribution is 0.856. The number of hydrogen-bond donors (Lipinski definition) is 0. The fourth-order valence-electron chi connectivity index (χ4n) is 6.65. The van der Waals surface area contributed by atoms with Crippen molar-refractivity contribution in [1.82, 2.24) is 23.7 Å². The Morgan fingerprint density at radius 1 is 0.396 bits per heavy atom. The van der Waals surface area contributed by atoms with Crippen molar-refractivity contribution in [1.29, 1.82) is 0 Å². The molecule has 9 rings (SSSR count). The molecule has 2 aromatic heterocycles. The van der Waals surface area contributed by atoms with E-state index < -0.39 is 0 Å². The number of aromatic nitrogens is 5. The van der Waals surface area contributed by atoms with Crippen LogP contribution in [-0.4, -0.2) is 23.7 Å². The minimum Gasteiger partial charge on any atom is -0.307 e. The summed E-state index contributed by atoms with van der Waals surface area (Å²) in [5, 5.41) is 0. The molecular formula is C41H28N6S. The molecule has 0 saturated heterocycles. The fraction of sp³-hybridized carbons (Fsp3) is 0.0488. The van der Waals surface area contributed by atoms with Crippen LogP contribution < -0.4 is 4.90 Å². The zero-order valence-electron chi connectivity index (χ0n) is 25.9. The van der Waals surface area contributed by atoms with Gasteiger partial charge in [0.15, 0.2) is 5.82 Å². The van der Waals surface area contributed by atoms with Crippen LogP contribution in [0.5, 0.6) is 0 Å². The summed E-state index contributed by atoms with van der Waals surface area (Å²) in [4.78, 5) is 17.3. The molecular weight excluding hydrogens is 609 g/mol. The lowest BCUT2D eigenvalue weighted by atomic mass is 9.95. The Morgan fingerprint density at radius 2 is 0.875 bits per heavy atom. The Kier molecular flexibility index (Phi) is 7.02. The highest BCUT2D eigenvalue weighted by atomic mass is 32.1. The maximum Gasteiger partial charge on any atom is 0.165 e. The van der Waals surface area contributed by atoms with E-state index in [1.54, 1.807) is 0 Å². The summed E-state index contributed by atoms with van der Waals surface area (Å²) in [6, 6.07) is 50.7. The van der Waals surface area contributed by atoms with Crippen LogP contribution in [0.2, 0.25) is 0 Å². The van der Waals surface area contributed by atoms with E-state index in [1.807, 2.05) is 36.4 Å². The van der Waals surface area contributed by atoms with E-state index >= 15 is 0 Å². The topological polar surface area (TPSA) is 67.7 Å². The molecule has 0 bridgehead atoms. The second-order valence-corrected chi connectivity index (χ2v) is 12.4. The highest BCUT2D eigenvalue weighted by Gasteiger charge is 2.28. The third kappa shape index (κ3) is 5.01. The Bertz CT molecular complexity index is 2300. The number of para-hydroxylation sites is 2. The van der Waals surface area contributed by atoms with Crippen molar-refractivity contribution in [3.8, 4) is 33.6 Å². The van der Waals surface area contributed by atoms with E-state index in [0.29, 0.717) is 18.7 Å². The summed E-state index contributed by atoms with van der Waals surface area (Å²) in [7, 11) is 0. The third-order valence-electron chi connectivity index (χ3n) is 8.81. The average molecular weight is 637 g/mol. The molecule has 1 aliphatic heterocycles. The SMILES string of the molecule is c1ccc(Cc2nc(Cc3ccccc3)nc(-c3ccc(N4c5ccccc5-c5ccccc5-c5ccccc54)c4nsnc34)n2)cc1. The van der Waals surface area contributed by atoms with Crippen molar-refractivity contribution >= 4 is 39.8 Å². The number of anilines is 3. The molecule has 0 fully saturated rings. The molecule has 0 amide bonds. The Morgan fingerprint density at radius 3 is 1.44 bits per heavy atom. The highest BCUT2D eigenvalue weighted by molar-refractivity contribution is 7.00. The molecule has 0 aliphatic carbocycles. The average Bonchev–Trinajstić information content (AvgIpc) is 3.59. The number of nitrogens with zero attached hydrogens (tertiary/aromatic N) is 6. The zero-order valence-corrected chi connectivity index (χ0v) is 26.7. The zero-order chi connectivity index (χ0) is 31.9. The van der Waals surface area contributed by atoms with Crippen LogP contribution >= 0.6 is 11.7 Å². The van der Waals surface area contributed by atoms with Crippen LogP contribution in [0, 0.1) is 0 Å². The number of fused-ring (bicyclic) bond motifs is 6. The monoisotopic (exact) mass is 636 g/mol. The molecule has 0 spiro atoms. The summed E-state index contributed by atoms with van der Waals surface area (Å²) in [5.74, 6) is 2.06. The van der Waals surface area contributed by atoms with Crippen molar-refractivity contribution in [2.75, 3.05) is 4.90 Å². The van der Waals surface area contributed by atoms with Gasteiger partial charge in [-0.3, -0.25) is 0 Å². The van der Waals surface area contributed by atoms with Gasteiger partial charge in [-0.15, -0.1) is 0 Å². The minimum atomic E-state index is 0.607. The molecule has 6 nitrogen and oxygen atoms in total. The molecule has 228 valence electrons. The quantitative estimate of drug-likeness (QED) is 0.181. The van der Waals surface area contributed by atoms with E-state index in [9.17, 15) is 0 Å². The third-order valence-corrected chi connectivity index (χ3v) is 9.34. The molecule has 0 unspecified atom stereocenters. The summed E-state index contributed by atoms with van der Waals surface area (Å²) >= 11 is 1.21. The second-order valence-electron chi connectivity index (χ2n) is 11.8. The van der Waals surface area contributed by atoms with E-state index in [2.05, 4.69) is 114 Å². The maximum absolute atomic E-state index is 5.03. The van der Waals surface area contributed by atoms with Crippen molar-refractivity contribution in [3.05, 3.63) is 168 Å². The van der Waals surface area contributed by atoms with E-state index in [4.69, 9.17) is 23.7 Å². The first-order valence-electron chi connectivity index (χ1n) is 16.0. The molecule has 0 atom stereocenters. The first-order chi connectivity index (χ1) is 23.8. The van der Waals surface area contributed by atoms with Gasteiger partial charge in [-0.05, 0) is 46.5 Å². The van der Waals surface area contributed by atoms with Gasteiger partial charge in [0.05, 0.1) is 28.8 Å². The lowest BCUT2D eigenvalue weighted by Crippen LogP contribution is -2.12. The molecule has 0 saturated carbocycles. The smallest absolute Gasteiger partial charge is 0.165 e. The Balaban J connectivity index is 1.22.